The molecular weight excluding hydrogens is 348 g/mol. The van der Waals surface area contributed by atoms with E-state index in [1.165, 1.54) is 19.2 Å². The number of aromatic nitrogens is 2. The van der Waals surface area contributed by atoms with Crippen LogP contribution in [-0.2, 0) is 16.6 Å². The molecule has 2 amide bonds. The summed E-state index contributed by atoms with van der Waals surface area (Å²) in [6.07, 6.45) is 4.29. The lowest BCUT2D eigenvalue weighted by atomic mass is 9.77. The molecular formula is C19H26N4O4. The molecule has 146 valence electrons. The predicted molar refractivity (Wildman–Crippen MR) is 97.2 cm³/mol. The molecule has 3 aliphatic rings. The average molecular weight is 374 g/mol. The lowest BCUT2D eigenvalue weighted by molar-refractivity contribution is -0.150. The number of carbonyl (C=O) groups excluding carboxylic acids is 2. The molecule has 0 aromatic carbocycles. The summed E-state index contributed by atoms with van der Waals surface area (Å²) in [6.45, 7) is 3.22. The number of hydrogen-bond acceptors (Lipinski definition) is 5. The quantitative estimate of drug-likeness (QED) is 0.749. The summed E-state index contributed by atoms with van der Waals surface area (Å²) in [5, 5.41) is 4.06. The van der Waals surface area contributed by atoms with Crippen molar-refractivity contribution in [1.29, 1.82) is 0 Å². The zero-order valence-electron chi connectivity index (χ0n) is 15.7. The van der Waals surface area contributed by atoms with Crippen LogP contribution in [0.3, 0.4) is 0 Å². The standard InChI is InChI=1S/C19H26N4O4/c1-21-16(24)4-3-15(20-21)17(25)22-10-8-19(13-22)7-2-9-23(18(19)26)14-5-11-27-12-6-14/h3-4,14H,2,5-13H2,1H3. The second-order valence-corrected chi connectivity index (χ2v) is 7.88. The minimum Gasteiger partial charge on any atom is -0.381 e. The zero-order chi connectivity index (χ0) is 19.0. The van der Waals surface area contributed by atoms with E-state index < -0.39 is 5.41 Å². The van der Waals surface area contributed by atoms with E-state index in [1.54, 1.807) is 4.90 Å². The first-order valence-electron chi connectivity index (χ1n) is 9.73. The van der Waals surface area contributed by atoms with Crippen LogP contribution in [-0.4, -0.2) is 70.3 Å². The van der Waals surface area contributed by atoms with E-state index in [2.05, 4.69) is 5.10 Å². The second kappa shape index (κ2) is 7.07. The van der Waals surface area contributed by atoms with Crippen LogP contribution in [0.4, 0.5) is 0 Å². The summed E-state index contributed by atoms with van der Waals surface area (Å²) in [7, 11) is 1.53. The Balaban J connectivity index is 1.49. The molecule has 0 aliphatic carbocycles. The molecule has 3 aliphatic heterocycles. The summed E-state index contributed by atoms with van der Waals surface area (Å²) in [5.74, 6) is -0.0113. The Labute approximate surface area is 158 Å². The van der Waals surface area contributed by atoms with Gasteiger partial charge in [0, 0.05) is 52.0 Å². The van der Waals surface area contributed by atoms with Crippen LogP contribution in [0.25, 0.3) is 0 Å². The van der Waals surface area contributed by atoms with Gasteiger partial charge in [-0.1, -0.05) is 0 Å². The fourth-order valence-electron chi connectivity index (χ4n) is 4.65. The van der Waals surface area contributed by atoms with Gasteiger partial charge < -0.3 is 14.5 Å². The summed E-state index contributed by atoms with van der Waals surface area (Å²) in [5.41, 5.74) is -0.468. The maximum Gasteiger partial charge on any atom is 0.274 e. The number of rotatable bonds is 2. The van der Waals surface area contributed by atoms with Crippen LogP contribution in [0.1, 0.15) is 42.6 Å². The highest BCUT2D eigenvalue weighted by atomic mass is 16.5. The van der Waals surface area contributed by atoms with Gasteiger partial charge in [-0.25, -0.2) is 4.68 Å². The Kier molecular flexibility index (Phi) is 4.75. The van der Waals surface area contributed by atoms with Crippen LogP contribution in [0.15, 0.2) is 16.9 Å². The number of aryl methyl sites for hydroxylation is 1. The molecule has 4 heterocycles. The Morgan fingerprint density at radius 1 is 1.19 bits per heavy atom. The molecule has 0 N–H and O–H groups in total. The number of ether oxygens (including phenoxy) is 1. The van der Waals surface area contributed by atoms with E-state index in [4.69, 9.17) is 4.74 Å². The summed E-state index contributed by atoms with van der Waals surface area (Å²) in [6, 6.07) is 3.08. The first kappa shape index (κ1) is 18.2. The highest BCUT2D eigenvalue weighted by Gasteiger charge is 2.50. The average Bonchev–Trinajstić information content (AvgIpc) is 3.11. The van der Waals surface area contributed by atoms with Gasteiger partial charge in [-0.05, 0) is 38.2 Å². The first-order valence-corrected chi connectivity index (χ1v) is 9.73. The van der Waals surface area contributed by atoms with Gasteiger partial charge >= 0.3 is 0 Å². The van der Waals surface area contributed by atoms with Crippen molar-refractivity contribution in [3.8, 4) is 0 Å². The Hall–Kier alpha value is -2.22. The predicted octanol–water partition coefficient (Wildman–Crippen LogP) is 0.414. The molecule has 8 heteroatoms. The molecule has 3 saturated heterocycles. The minimum atomic E-state index is -0.465. The van der Waals surface area contributed by atoms with Crippen LogP contribution in [0.5, 0.6) is 0 Å². The molecule has 4 rings (SSSR count). The highest BCUT2D eigenvalue weighted by molar-refractivity contribution is 5.93. The number of likely N-dealkylation sites (tertiary alicyclic amines) is 2. The molecule has 1 spiro atoms. The van der Waals surface area contributed by atoms with Crippen molar-refractivity contribution in [2.75, 3.05) is 32.8 Å². The molecule has 1 aromatic heterocycles. The third kappa shape index (κ3) is 3.26. The monoisotopic (exact) mass is 374 g/mol. The molecule has 3 fully saturated rings. The molecule has 1 atom stereocenters. The largest absolute Gasteiger partial charge is 0.381 e. The number of piperidine rings is 1. The molecule has 0 radical (unpaired) electrons. The van der Waals surface area contributed by atoms with Gasteiger partial charge in [0.05, 0.1) is 5.41 Å². The Bertz CT molecular complexity index is 801. The van der Waals surface area contributed by atoms with Gasteiger partial charge in [-0.3, -0.25) is 14.4 Å². The maximum atomic E-state index is 13.3. The lowest BCUT2D eigenvalue weighted by Crippen LogP contribution is -2.55. The van der Waals surface area contributed by atoms with Crippen molar-refractivity contribution in [2.45, 2.75) is 38.1 Å². The minimum absolute atomic E-state index is 0.198. The van der Waals surface area contributed by atoms with Gasteiger partial charge in [0.25, 0.3) is 11.5 Å². The molecule has 1 unspecified atom stereocenters. The molecule has 0 saturated carbocycles. The number of amides is 2. The van der Waals surface area contributed by atoms with Gasteiger partial charge in [0.15, 0.2) is 0 Å². The van der Waals surface area contributed by atoms with Crippen LogP contribution < -0.4 is 5.56 Å². The first-order chi connectivity index (χ1) is 13.0. The van der Waals surface area contributed by atoms with Crippen molar-refractivity contribution in [3.05, 3.63) is 28.2 Å². The van der Waals surface area contributed by atoms with Gasteiger partial charge in [0.2, 0.25) is 5.91 Å². The number of hydrogen-bond donors (Lipinski definition) is 0. The maximum absolute atomic E-state index is 13.3. The molecule has 0 bridgehead atoms. The van der Waals surface area contributed by atoms with Crippen molar-refractivity contribution >= 4 is 11.8 Å². The van der Waals surface area contributed by atoms with E-state index in [9.17, 15) is 14.4 Å². The smallest absolute Gasteiger partial charge is 0.274 e. The molecule has 1 aromatic rings. The summed E-state index contributed by atoms with van der Waals surface area (Å²) in [4.78, 5) is 41.4. The number of nitrogens with zero attached hydrogens (tertiary/aromatic N) is 4. The van der Waals surface area contributed by atoms with Gasteiger partial charge in [-0.2, -0.15) is 5.10 Å². The summed E-state index contributed by atoms with van der Waals surface area (Å²) >= 11 is 0. The van der Waals surface area contributed by atoms with E-state index >= 15 is 0 Å². The van der Waals surface area contributed by atoms with Crippen molar-refractivity contribution in [1.82, 2.24) is 19.6 Å². The fourth-order valence-corrected chi connectivity index (χ4v) is 4.65. The van der Waals surface area contributed by atoms with Crippen molar-refractivity contribution < 1.29 is 14.3 Å². The van der Waals surface area contributed by atoms with Gasteiger partial charge in [-0.15, -0.1) is 0 Å². The van der Waals surface area contributed by atoms with Crippen LogP contribution in [0, 0.1) is 5.41 Å². The Morgan fingerprint density at radius 3 is 2.70 bits per heavy atom. The SMILES string of the molecule is Cn1nc(C(=O)N2CCC3(CCCN(C4CCOCC4)C3=O)C2)ccc1=O. The molecule has 27 heavy (non-hydrogen) atoms. The van der Waals surface area contributed by atoms with Crippen molar-refractivity contribution in [2.24, 2.45) is 12.5 Å². The second-order valence-electron chi connectivity index (χ2n) is 7.88. The van der Waals surface area contributed by atoms with E-state index in [0.29, 0.717) is 32.7 Å². The topological polar surface area (TPSA) is 84.7 Å². The third-order valence-corrected chi connectivity index (χ3v) is 6.22. The Morgan fingerprint density at radius 2 is 1.96 bits per heavy atom. The molecule has 8 nitrogen and oxygen atoms in total. The van der Waals surface area contributed by atoms with E-state index in [0.717, 1.165) is 36.9 Å². The van der Waals surface area contributed by atoms with E-state index in [-0.39, 0.29) is 29.1 Å². The zero-order valence-corrected chi connectivity index (χ0v) is 15.7. The van der Waals surface area contributed by atoms with Crippen molar-refractivity contribution in [3.63, 3.8) is 0 Å². The third-order valence-electron chi connectivity index (χ3n) is 6.22. The van der Waals surface area contributed by atoms with Gasteiger partial charge in [0.1, 0.15) is 5.69 Å². The summed E-state index contributed by atoms with van der Waals surface area (Å²) < 4.78 is 6.60. The highest BCUT2D eigenvalue weighted by Crippen LogP contribution is 2.41. The normalized spacial score (nSPS) is 26.8. The van der Waals surface area contributed by atoms with E-state index in [1.807, 2.05) is 4.90 Å². The van der Waals surface area contributed by atoms with Crippen LogP contribution in [0.2, 0.25) is 0 Å². The number of carbonyl (C=O) groups is 2. The fraction of sp³-hybridized carbons (Fsp3) is 0.684. The van der Waals surface area contributed by atoms with Crippen LogP contribution >= 0.6 is 0 Å². The lowest BCUT2D eigenvalue weighted by Gasteiger charge is -2.44.